The van der Waals surface area contributed by atoms with Crippen LogP contribution in [0.2, 0.25) is 4.47 Å². The molecule has 0 atom stereocenters. The van der Waals surface area contributed by atoms with Crippen LogP contribution in [0.4, 0.5) is 5.69 Å². The van der Waals surface area contributed by atoms with Crippen LogP contribution in [0.3, 0.4) is 0 Å². The number of pyridine rings is 1. The van der Waals surface area contributed by atoms with E-state index < -0.39 is 0 Å². The van der Waals surface area contributed by atoms with Crippen molar-refractivity contribution in [3.8, 4) is 5.88 Å². The van der Waals surface area contributed by atoms with E-state index in [9.17, 15) is 4.79 Å². The highest BCUT2D eigenvalue weighted by molar-refractivity contribution is 7.16. The van der Waals surface area contributed by atoms with Gasteiger partial charge in [0.05, 0.1) is 19.0 Å². The Hall–Kier alpha value is -1.66. The first kappa shape index (κ1) is 15.7. The third-order valence-electron chi connectivity index (χ3n) is 2.68. The fraction of sp³-hybridized carbons (Fsp3) is 0.357. The van der Waals surface area contributed by atoms with E-state index in [0.29, 0.717) is 27.6 Å². The van der Waals surface area contributed by atoms with E-state index in [1.54, 1.807) is 12.1 Å². The Morgan fingerprint density at radius 2 is 2.24 bits per heavy atom. The monoisotopic (exact) mass is 325 g/mol. The number of carbonyl (C=O) groups is 1. The number of rotatable bonds is 5. The SMILES string of the molecule is COc1ccc(NC(=O)c2nc(Cl)sc2CC(C)C)cn1. The molecule has 21 heavy (non-hydrogen) atoms. The van der Waals surface area contributed by atoms with Crippen molar-refractivity contribution in [1.82, 2.24) is 9.97 Å². The number of thiazole rings is 1. The van der Waals surface area contributed by atoms with E-state index >= 15 is 0 Å². The lowest BCUT2D eigenvalue weighted by Gasteiger charge is -2.07. The Balaban J connectivity index is 2.15. The first-order valence-corrected chi connectivity index (χ1v) is 7.65. The van der Waals surface area contributed by atoms with Crippen LogP contribution < -0.4 is 10.1 Å². The summed E-state index contributed by atoms with van der Waals surface area (Å²) in [6, 6.07) is 3.40. The van der Waals surface area contributed by atoms with Gasteiger partial charge in [0.1, 0.15) is 5.69 Å². The molecule has 0 aliphatic rings. The molecule has 0 fully saturated rings. The average Bonchev–Trinajstić information content (AvgIpc) is 2.79. The number of carbonyl (C=O) groups excluding carboxylic acids is 1. The molecule has 0 saturated heterocycles. The van der Waals surface area contributed by atoms with Crippen molar-refractivity contribution in [1.29, 1.82) is 0 Å². The first-order chi connectivity index (χ1) is 9.99. The predicted octanol–water partition coefficient (Wildman–Crippen LogP) is 3.65. The summed E-state index contributed by atoms with van der Waals surface area (Å²) in [5.41, 5.74) is 0.968. The molecule has 0 aliphatic carbocycles. The van der Waals surface area contributed by atoms with Crippen molar-refractivity contribution in [2.45, 2.75) is 20.3 Å². The number of aromatic nitrogens is 2. The second-order valence-corrected chi connectivity index (χ2v) is 6.55. The van der Waals surface area contributed by atoms with Crippen molar-refractivity contribution in [2.75, 3.05) is 12.4 Å². The van der Waals surface area contributed by atoms with Gasteiger partial charge in [-0.25, -0.2) is 9.97 Å². The zero-order chi connectivity index (χ0) is 15.4. The highest BCUT2D eigenvalue weighted by Crippen LogP contribution is 2.26. The van der Waals surface area contributed by atoms with E-state index in [1.807, 2.05) is 0 Å². The molecule has 0 radical (unpaired) electrons. The van der Waals surface area contributed by atoms with Gasteiger partial charge in [0.25, 0.3) is 5.91 Å². The zero-order valence-electron chi connectivity index (χ0n) is 12.0. The number of nitrogens with one attached hydrogen (secondary N) is 1. The van der Waals surface area contributed by atoms with E-state index in [0.717, 1.165) is 11.3 Å². The van der Waals surface area contributed by atoms with Crippen molar-refractivity contribution in [3.05, 3.63) is 33.4 Å². The molecule has 0 aliphatic heterocycles. The van der Waals surface area contributed by atoms with Crippen LogP contribution in [0, 0.1) is 5.92 Å². The summed E-state index contributed by atoms with van der Waals surface area (Å²) in [5, 5.41) is 2.77. The number of anilines is 1. The van der Waals surface area contributed by atoms with Crippen LogP contribution in [-0.2, 0) is 6.42 Å². The van der Waals surface area contributed by atoms with E-state index in [4.69, 9.17) is 16.3 Å². The Kier molecular flexibility index (Phi) is 5.14. The summed E-state index contributed by atoms with van der Waals surface area (Å²) in [6.45, 7) is 4.17. The molecule has 2 aromatic rings. The standard InChI is InChI=1S/C14H16ClN3O2S/c1-8(2)6-10-12(18-14(15)21-10)13(19)17-9-4-5-11(20-3)16-7-9/h4-5,7-8H,6H2,1-3H3,(H,17,19). The minimum Gasteiger partial charge on any atom is -0.481 e. The number of methoxy groups -OCH3 is 1. The van der Waals surface area contributed by atoms with Crippen LogP contribution in [0.1, 0.15) is 29.2 Å². The maximum atomic E-state index is 12.3. The first-order valence-electron chi connectivity index (χ1n) is 6.46. The van der Waals surface area contributed by atoms with Gasteiger partial charge in [-0.15, -0.1) is 11.3 Å². The van der Waals surface area contributed by atoms with Crippen LogP contribution >= 0.6 is 22.9 Å². The van der Waals surface area contributed by atoms with Crippen molar-refractivity contribution in [2.24, 2.45) is 5.92 Å². The topological polar surface area (TPSA) is 64.1 Å². The molecular weight excluding hydrogens is 310 g/mol. The predicted molar refractivity (Wildman–Crippen MR) is 84.4 cm³/mol. The zero-order valence-corrected chi connectivity index (χ0v) is 13.6. The third kappa shape index (κ3) is 4.15. The van der Waals surface area contributed by atoms with Crippen molar-refractivity contribution in [3.63, 3.8) is 0 Å². The normalized spacial score (nSPS) is 10.7. The van der Waals surface area contributed by atoms with Crippen LogP contribution in [0.25, 0.3) is 0 Å². The van der Waals surface area contributed by atoms with E-state index in [-0.39, 0.29) is 5.91 Å². The number of halogens is 1. The Morgan fingerprint density at radius 1 is 1.48 bits per heavy atom. The number of amides is 1. The molecule has 5 nitrogen and oxygen atoms in total. The van der Waals surface area contributed by atoms with Gasteiger partial charge in [0.15, 0.2) is 4.47 Å². The summed E-state index contributed by atoms with van der Waals surface area (Å²) in [6.07, 6.45) is 2.31. The lowest BCUT2D eigenvalue weighted by molar-refractivity contribution is 0.102. The summed E-state index contributed by atoms with van der Waals surface area (Å²) in [5.74, 6) is 0.640. The number of hydrogen-bond acceptors (Lipinski definition) is 5. The fourth-order valence-corrected chi connectivity index (χ4v) is 3.13. The molecule has 2 rings (SSSR count). The van der Waals surface area contributed by atoms with Crippen molar-refractivity contribution >= 4 is 34.5 Å². The number of hydrogen-bond donors (Lipinski definition) is 1. The smallest absolute Gasteiger partial charge is 0.275 e. The van der Waals surface area contributed by atoms with Gasteiger partial charge in [-0.05, 0) is 18.4 Å². The molecule has 0 aromatic carbocycles. The van der Waals surface area contributed by atoms with Crippen LogP contribution in [0.5, 0.6) is 5.88 Å². The largest absolute Gasteiger partial charge is 0.481 e. The highest BCUT2D eigenvalue weighted by Gasteiger charge is 2.18. The quantitative estimate of drug-likeness (QED) is 0.911. The molecule has 112 valence electrons. The molecule has 7 heteroatoms. The summed E-state index contributed by atoms with van der Waals surface area (Å²) in [4.78, 5) is 21.4. The summed E-state index contributed by atoms with van der Waals surface area (Å²) < 4.78 is 5.35. The molecule has 2 aromatic heterocycles. The minimum atomic E-state index is -0.277. The maximum Gasteiger partial charge on any atom is 0.275 e. The molecule has 1 amide bonds. The minimum absolute atomic E-state index is 0.277. The maximum absolute atomic E-state index is 12.3. The molecule has 0 spiro atoms. The summed E-state index contributed by atoms with van der Waals surface area (Å²) in [7, 11) is 1.54. The second-order valence-electron chi connectivity index (χ2n) is 4.88. The van der Waals surface area contributed by atoms with Gasteiger partial charge in [0, 0.05) is 10.9 Å². The van der Waals surface area contributed by atoms with Crippen molar-refractivity contribution < 1.29 is 9.53 Å². The van der Waals surface area contributed by atoms with Gasteiger partial charge >= 0.3 is 0 Å². The average molecular weight is 326 g/mol. The van der Waals surface area contributed by atoms with Crippen LogP contribution in [0.15, 0.2) is 18.3 Å². The lowest BCUT2D eigenvalue weighted by atomic mass is 10.1. The number of nitrogens with zero attached hydrogens (tertiary/aromatic N) is 2. The number of ether oxygens (including phenoxy) is 1. The molecule has 1 N–H and O–H groups in total. The van der Waals surface area contributed by atoms with E-state index in [1.165, 1.54) is 24.6 Å². The van der Waals surface area contributed by atoms with Gasteiger partial charge in [-0.3, -0.25) is 4.79 Å². The molecular formula is C14H16ClN3O2S. The molecule has 0 unspecified atom stereocenters. The van der Waals surface area contributed by atoms with Gasteiger partial charge in [0.2, 0.25) is 5.88 Å². The highest BCUT2D eigenvalue weighted by atomic mass is 35.5. The van der Waals surface area contributed by atoms with Crippen LogP contribution in [-0.4, -0.2) is 23.0 Å². The Morgan fingerprint density at radius 3 is 2.81 bits per heavy atom. The van der Waals surface area contributed by atoms with E-state index in [2.05, 4.69) is 29.1 Å². The molecule has 0 saturated carbocycles. The molecule has 0 bridgehead atoms. The van der Waals surface area contributed by atoms with Gasteiger partial charge in [-0.1, -0.05) is 25.4 Å². The third-order valence-corrected chi connectivity index (χ3v) is 3.87. The lowest BCUT2D eigenvalue weighted by Crippen LogP contribution is -2.15. The van der Waals surface area contributed by atoms with Gasteiger partial charge in [-0.2, -0.15) is 0 Å². The summed E-state index contributed by atoms with van der Waals surface area (Å²) >= 11 is 7.28. The Labute approximate surface area is 132 Å². The fourth-order valence-electron chi connectivity index (χ4n) is 1.77. The van der Waals surface area contributed by atoms with Gasteiger partial charge < -0.3 is 10.1 Å². The Bertz CT molecular complexity index is 626. The molecule has 2 heterocycles. The second kappa shape index (κ2) is 6.87.